The van der Waals surface area contributed by atoms with Crippen LogP contribution >= 0.6 is 11.6 Å². The van der Waals surface area contributed by atoms with Gasteiger partial charge in [-0.05, 0) is 42.3 Å². The summed E-state index contributed by atoms with van der Waals surface area (Å²) < 4.78 is 5.66. The van der Waals surface area contributed by atoms with Crippen LogP contribution in [-0.2, 0) is 12.8 Å². The Hall–Kier alpha value is -2.79. The topological polar surface area (TPSA) is 65.0 Å². The third kappa shape index (κ3) is 4.61. The lowest BCUT2D eigenvalue weighted by molar-refractivity contribution is 0.0991. The molecule has 0 aliphatic rings. The van der Waals surface area contributed by atoms with Crippen LogP contribution in [0.5, 0.6) is 11.5 Å². The molecular formula is C19H16ClN3O2. The molecule has 5 nitrogen and oxygen atoms in total. The Kier molecular flexibility index (Phi) is 5.36. The highest BCUT2D eigenvalue weighted by molar-refractivity contribution is 6.31. The van der Waals surface area contributed by atoms with Gasteiger partial charge in [0.15, 0.2) is 11.5 Å². The molecule has 25 heavy (non-hydrogen) atoms. The molecular weight excluding hydrogens is 338 g/mol. The van der Waals surface area contributed by atoms with E-state index in [2.05, 4.69) is 21.9 Å². The number of benzene rings is 1. The maximum Gasteiger partial charge on any atom is 0.169 e. The predicted octanol–water partition coefficient (Wildman–Crippen LogP) is 4.31. The van der Waals surface area contributed by atoms with Gasteiger partial charge in [0, 0.05) is 22.5 Å². The maximum atomic E-state index is 12.6. The van der Waals surface area contributed by atoms with E-state index in [0.717, 1.165) is 17.7 Å². The molecule has 0 atom stereocenters. The van der Waals surface area contributed by atoms with E-state index in [1.807, 2.05) is 12.1 Å². The number of ketones is 1. The molecule has 6 heteroatoms. The zero-order chi connectivity index (χ0) is 17.6. The van der Waals surface area contributed by atoms with Crippen LogP contribution in [0.25, 0.3) is 0 Å². The highest BCUT2D eigenvalue weighted by atomic mass is 35.5. The van der Waals surface area contributed by atoms with E-state index in [1.165, 1.54) is 18.7 Å². The van der Waals surface area contributed by atoms with Gasteiger partial charge in [0.05, 0.1) is 18.8 Å². The fraction of sp³-hybridized carbons (Fsp3) is 0.158. The SMILES string of the molecule is CCc1ccnc(CC(=O)c2cc(Cl)cc(Oc3cncnc3)c2)c1. The van der Waals surface area contributed by atoms with Gasteiger partial charge in [-0.25, -0.2) is 9.97 Å². The molecule has 0 fully saturated rings. The number of ether oxygens (including phenoxy) is 1. The van der Waals surface area contributed by atoms with E-state index in [4.69, 9.17) is 16.3 Å². The summed E-state index contributed by atoms with van der Waals surface area (Å²) in [4.78, 5) is 24.6. The summed E-state index contributed by atoms with van der Waals surface area (Å²) in [7, 11) is 0. The first-order valence-corrected chi connectivity index (χ1v) is 8.22. The van der Waals surface area contributed by atoms with Crippen molar-refractivity contribution in [3.05, 3.63) is 77.1 Å². The molecule has 0 radical (unpaired) electrons. The van der Waals surface area contributed by atoms with Gasteiger partial charge in [-0.15, -0.1) is 0 Å². The number of hydrogen-bond donors (Lipinski definition) is 0. The van der Waals surface area contributed by atoms with Crippen LogP contribution in [0.3, 0.4) is 0 Å². The second-order valence-corrected chi connectivity index (χ2v) is 5.90. The van der Waals surface area contributed by atoms with Crippen molar-refractivity contribution in [3.63, 3.8) is 0 Å². The number of rotatable bonds is 6. The number of hydrogen-bond acceptors (Lipinski definition) is 5. The molecule has 2 aromatic heterocycles. The summed E-state index contributed by atoms with van der Waals surface area (Å²) in [6.45, 7) is 2.06. The first-order chi connectivity index (χ1) is 12.1. The zero-order valence-electron chi connectivity index (χ0n) is 13.6. The lowest BCUT2D eigenvalue weighted by atomic mass is 10.0. The monoisotopic (exact) mass is 353 g/mol. The van der Waals surface area contributed by atoms with Crippen LogP contribution in [0.2, 0.25) is 5.02 Å². The molecule has 0 saturated heterocycles. The lowest BCUT2D eigenvalue weighted by Crippen LogP contribution is -2.06. The van der Waals surface area contributed by atoms with Crippen molar-refractivity contribution in [1.82, 2.24) is 15.0 Å². The fourth-order valence-electron chi connectivity index (χ4n) is 2.37. The van der Waals surface area contributed by atoms with Crippen molar-refractivity contribution in [2.45, 2.75) is 19.8 Å². The van der Waals surface area contributed by atoms with E-state index in [0.29, 0.717) is 22.1 Å². The van der Waals surface area contributed by atoms with E-state index >= 15 is 0 Å². The molecule has 2 heterocycles. The average Bonchev–Trinajstić information content (AvgIpc) is 2.62. The Labute approximate surface area is 150 Å². The molecule has 0 saturated carbocycles. The number of nitrogens with zero attached hydrogens (tertiary/aromatic N) is 3. The summed E-state index contributed by atoms with van der Waals surface area (Å²) in [6.07, 6.45) is 7.33. The van der Waals surface area contributed by atoms with Crippen LogP contribution in [0.15, 0.2) is 55.2 Å². The number of aromatic nitrogens is 3. The molecule has 126 valence electrons. The maximum absolute atomic E-state index is 12.6. The number of halogens is 1. The Balaban J connectivity index is 1.80. The van der Waals surface area contributed by atoms with Crippen molar-refractivity contribution >= 4 is 17.4 Å². The van der Waals surface area contributed by atoms with Crippen LogP contribution in [0, 0.1) is 0 Å². The first-order valence-electron chi connectivity index (χ1n) is 7.84. The Morgan fingerprint density at radius 3 is 2.68 bits per heavy atom. The predicted molar refractivity (Wildman–Crippen MR) is 95.2 cm³/mol. The first kappa shape index (κ1) is 17.0. The van der Waals surface area contributed by atoms with Gasteiger partial charge >= 0.3 is 0 Å². The molecule has 0 N–H and O–H groups in total. The smallest absolute Gasteiger partial charge is 0.169 e. The molecule has 3 rings (SSSR count). The Morgan fingerprint density at radius 1 is 1.12 bits per heavy atom. The van der Waals surface area contributed by atoms with Gasteiger partial charge in [-0.1, -0.05) is 18.5 Å². The van der Waals surface area contributed by atoms with Gasteiger partial charge in [0.25, 0.3) is 0 Å². The van der Waals surface area contributed by atoms with Crippen LogP contribution in [-0.4, -0.2) is 20.7 Å². The molecule has 0 aliphatic carbocycles. The minimum atomic E-state index is -0.0718. The van der Waals surface area contributed by atoms with Gasteiger partial charge in [0.1, 0.15) is 12.1 Å². The molecule has 0 aliphatic heterocycles. The Bertz CT molecular complexity index is 885. The van der Waals surface area contributed by atoms with Crippen LogP contribution < -0.4 is 4.74 Å². The molecule has 0 amide bonds. The van der Waals surface area contributed by atoms with Gasteiger partial charge in [0.2, 0.25) is 0 Å². The zero-order valence-corrected chi connectivity index (χ0v) is 14.4. The summed E-state index contributed by atoms with van der Waals surface area (Å²) >= 11 is 6.13. The standard InChI is InChI=1S/C19H16ClN3O2/c1-2-13-3-4-23-16(5-13)9-19(24)14-6-15(20)8-17(7-14)25-18-10-21-12-22-11-18/h3-8,10-12H,2,9H2,1H3. The highest BCUT2D eigenvalue weighted by Gasteiger charge is 2.12. The number of pyridine rings is 1. The van der Waals surface area contributed by atoms with Crippen molar-refractivity contribution in [2.24, 2.45) is 0 Å². The van der Waals surface area contributed by atoms with E-state index in [1.54, 1.807) is 24.4 Å². The van der Waals surface area contributed by atoms with E-state index in [9.17, 15) is 4.79 Å². The normalized spacial score (nSPS) is 10.5. The minimum Gasteiger partial charge on any atom is -0.454 e. The van der Waals surface area contributed by atoms with Crippen molar-refractivity contribution in [3.8, 4) is 11.5 Å². The fourth-order valence-corrected chi connectivity index (χ4v) is 2.59. The number of aryl methyl sites for hydroxylation is 1. The summed E-state index contributed by atoms with van der Waals surface area (Å²) in [5, 5.41) is 0.424. The van der Waals surface area contributed by atoms with Crippen LogP contribution in [0.4, 0.5) is 0 Å². The minimum absolute atomic E-state index is 0.0718. The quantitative estimate of drug-likeness (QED) is 0.618. The molecule has 0 spiro atoms. The largest absolute Gasteiger partial charge is 0.454 e. The summed E-state index contributed by atoms with van der Waals surface area (Å²) in [5.41, 5.74) is 2.36. The van der Waals surface area contributed by atoms with Crippen molar-refractivity contribution < 1.29 is 9.53 Å². The molecule has 0 unspecified atom stereocenters. The number of carbonyl (C=O) groups excluding carboxylic acids is 1. The second kappa shape index (κ2) is 7.85. The van der Waals surface area contributed by atoms with Gasteiger partial charge in [-0.2, -0.15) is 0 Å². The van der Waals surface area contributed by atoms with E-state index in [-0.39, 0.29) is 12.2 Å². The summed E-state index contributed by atoms with van der Waals surface area (Å²) in [5.74, 6) is 0.860. The van der Waals surface area contributed by atoms with Crippen molar-refractivity contribution in [1.29, 1.82) is 0 Å². The lowest BCUT2D eigenvalue weighted by Gasteiger charge is -2.08. The van der Waals surface area contributed by atoms with Gasteiger partial charge < -0.3 is 4.74 Å². The summed E-state index contributed by atoms with van der Waals surface area (Å²) in [6, 6.07) is 8.82. The van der Waals surface area contributed by atoms with E-state index < -0.39 is 0 Å². The van der Waals surface area contributed by atoms with Crippen molar-refractivity contribution in [2.75, 3.05) is 0 Å². The molecule has 3 aromatic rings. The second-order valence-electron chi connectivity index (χ2n) is 5.46. The number of Topliss-reactive ketones (excluding diaryl/α,β-unsaturated/α-hetero) is 1. The third-order valence-corrected chi connectivity index (χ3v) is 3.81. The Morgan fingerprint density at radius 2 is 1.92 bits per heavy atom. The molecule has 1 aromatic carbocycles. The molecule has 0 bridgehead atoms. The number of carbonyl (C=O) groups is 1. The average molecular weight is 354 g/mol. The van der Waals surface area contributed by atoms with Crippen LogP contribution in [0.1, 0.15) is 28.5 Å². The van der Waals surface area contributed by atoms with Gasteiger partial charge in [-0.3, -0.25) is 9.78 Å². The highest BCUT2D eigenvalue weighted by Crippen LogP contribution is 2.26. The third-order valence-electron chi connectivity index (χ3n) is 3.60.